The fourth-order valence-corrected chi connectivity index (χ4v) is 2.13. The van der Waals surface area contributed by atoms with Crippen molar-refractivity contribution in [3.8, 4) is 0 Å². The van der Waals surface area contributed by atoms with Crippen LogP contribution in [0.25, 0.3) is 0 Å². The standard InChI is InChI=1S/C20H24O5/c1-16(24-15-25-17(2)21)20(22-13-18-9-5-3-6-10-18)23-14-19-11-7-4-8-12-19/h3-12,16,20H,13-15H2,1-2H3. The number of benzene rings is 2. The number of esters is 1. The molecule has 25 heavy (non-hydrogen) atoms. The van der Waals surface area contributed by atoms with E-state index in [1.165, 1.54) is 6.92 Å². The van der Waals surface area contributed by atoms with Gasteiger partial charge < -0.3 is 18.9 Å². The lowest BCUT2D eigenvalue weighted by molar-refractivity contribution is -0.230. The summed E-state index contributed by atoms with van der Waals surface area (Å²) in [6.07, 6.45) is -0.984. The first-order valence-corrected chi connectivity index (χ1v) is 8.21. The Bertz CT molecular complexity index is 571. The summed E-state index contributed by atoms with van der Waals surface area (Å²) < 4.78 is 22.1. The van der Waals surface area contributed by atoms with Crippen LogP contribution in [-0.4, -0.2) is 25.2 Å². The van der Waals surface area contributed by atoms with Crippen molar-refractivity contribution in [1.29, 1.82) is 0 Å². The van der Waals surface area contributed by atoms with Crippen molar-refractivity contribution >= 4 is 5.97 Å². The van der Waals surface area contributed by atoms with E-state index in [9.17, 15) is 4.79 Å². The normalized spacial score (nSPS) is 12.1. The summed E-state index contributed by atoms with van der Waals surface area (Å²) in [6, 6.07) is 19.7. The molecule has 1 atom stereocenters. The molecule has 5 nitrogen and oxygen atoms in total. The average Bonchev–Trinajstić information content (AvgIpc) is 2.63. The van der Waals surface area contributed by atoms with E-state index in [-0.39, 0.29) is 12.8 Å². The van der Waals surface area contributed by atoms with Gasteiger partial charge in [-0.15, -0.1) is 0 Å². The van der Waals surface area contributed by atoms with Gasteiger partial charge in [0.2, 0.25) is 0 Å². The number of hydrogen-bond donors (Lipinski definition) is 0. The van der Waals surface area contributed by atoms with E-state index >= 15 is 0 Å². The highest BCUT2D eigenvalue weighted by Crippen LogP contribution is 2.13. The average molecular weight is 344 g/mol. The van der Waals surface area contributed by atoms with Gasteiger partial charge in [0.25, 0.3) is 0 Å². The van der Waals surface area contributed by atoms with Crippen molar-refractivity contribution < 1.29 is 23.7 Å². The van der Waals surface area contributed by atoms with Crippen LogP contribution in [0.2, 0.25) is 0 Å². The highest BCUT2D eigenvalue weighted by Gasteiger charge is 2.20. The quantitative estimate of drug-likeness (QED) is 0.486. The molecule has 0 fully saturated rings. The van der Waals surface area contributed by atoms with Crippen molar-refractivity contribution in [1.82, 2.24) is 0 Å². The third-order valence-electron chi connectivity index (χ3n) is 3.49. The number of ether oxygens (including phenoxy) is 4. The first kappa shape index (κ1) is 19.1. The lowest BCUT2D eigenvalue weighted by Crippen LogP contribution is -2.32. The van der Waals surface area contributed by atoms with Gasteiger partial charge in [-0.3, -0.25) is 4.79 Å². The summed E-state index contributed by atoms with van der Waals surface area (Å²) in [6.45, 7) is 3.84. The van der Waals surface area contributed by atoms with Crippen LogP contribution in [0.4, 0.5) is 0 Å². The molecule has 0 aromatic heterocycles. The van der Waals surface area contributed by atoms with Crippen molar-refractivity contribution in [3.63, 3.8) is 0 Å². The monoisotopic (exact) mass is 344 g/mol. The van der Waals surface area contributed by atoms with Crippen LogP contribution in [0.1, 0.15) is 25.0 Å². The van der Waals surface area contributed by atoms with Gasteiger partial charge in [0, 0.05) is 6.92 Å². The maximum atomic E-state index is 10.9. The van der Waals surface area contributed by atoms with Gasteiger partial charge in [-0.2, -0.15) is 0 Å². The van der Waals surface area contributed by atoms with Gasteiger partial charge in [0.05, 0.1) is 13.2 Å². The van der Waals surface area contributed by atoms with Crippen LogP contribution < -0.4 is 0 Å². The first-order valence-electron chi connectivity index (χ1n) is 8.21. The number of carbonyl (C=O) groups excluding carboxylic acids is 1. The molecule has 0 saturated heterocycles. The summed E-state index contributed by atoms with van der Waals surface area (Å²) in [5.74, 6) is -0.390. The molecule has 2 aromatic carbocycles. The SMILES string of the molecule is CC(=O)OCOC(C)C(OCc1ccccc1)OCc1ccccc1. The maximum Gasteiger partial charge on any atom is 0.304 e. The van der Waals surface area contributed by atoms with Crippen molar-refractivity contribution in [2.24, 2.45) is 0 Å². The molecule has 0 amide bonds. The van der Waals surface area contributed by atoms with Crippen molar-refractivity contribution in [2.45, 2.75) is 39.5 Å². The molecule has 0 spiro atoms. The predicted octanol–water partition coefficient (Wildman–Crippen LogP) is 3.67. The second-order valence-electron chi connectivity index (χ2n) is 5.59. The minimum absolute atomic E-state index is 0.129. The molecule has 0 radical (unpaired) electrons. The molecule has 2 aromatic rings. The fraction of sp³-hybridized carbons (Fsp3) is 0.350. The number of hydrogen-bond acceptors (Lipinski definition) is 5. The van der Waals surface area contributed by atoms with E-state index in [2.05, 4.69) is 0 Å². The van der Waals surface area contributed by atoms with Gasteiger partial charge in [0.1, 0.15) is 6.10 Å². The summed E-state index contributed by atoms with van der Waals surface area (Å²) in [5, 5.41) is 0. The second-order valence-corrected chi connectivity index (χ2v) is 5.59. The lowest BCUT2D eigenvalue weighted by Gasteiger charge is -2.24. The molecule has 0 aliphatic heterocycles. The smallest absolute Gasteiger partial charge is 0.304 e. The fourth-order valence-electron chi connectivity index (χ4n) is 2.13. The van der Waals surface area contributed by atoms with E-state index < -0.39 is 12.4 Å². The van der Waals surface area contributed by atoms with E-state index in [0.29, 0.717) is 13.2 Å². The van der Waals surface area contributed by atoms with Gasteiger partial charge in [-0.25, -0.2) is 0 Å². The zero-order valence-corrected chi connectivity index (χ0v) is 14.6. The summed E-state index contributed by atoms with van der Waals surface area (Å²) in [4.78, 5) is 10.9. The van der Waals surface area contributed by atoms with Crippen LogP contribution >= 0.6 is 0 Å². The van der Waals surface area contributed by atoms with Gasteiger partial charge >= 0.3 is 5.97 Å². The van der Waals surface area contributed by atoms with Crippen molar-refractivity contribution in [2.75, 3.05) is 6.79 Å². The van der Waals surface area contributed by atoms with E-state index in [4.69, 9.17) is 18.9 Å². The lowest BCUT2D eigenvalue weighted by atomic mass is 10.2. The Kier molecular flexibility index (Phi) is 8.12. The molecule has 1 unspecified atom stereocenters. The van der Waals surface area contributed by atoms with Crippen LogP contribution in [0.5, 0.6) is 0 Å². The Hall–Kier alpha value is -2.21. The Morgan fingerprint density at radius 2 is 1.32 bits per heavy atom. The summed E-state index contributed by atoms with van der Waals surface area (Å²) in [7, 11) is 0. The maximum absolute atomic E-state index is 10.9. The molecule has 5 heteroatoms. The molecular formula is C20H24O5. The summed E-state index contributed by atoms with van der Waals surface area (Å²) in [5.41, 5.74) is 2.09. The highest BCUT2D eigenvalue weighted by molar-refractivity contribution is 5.65. The predicted molar refractivity (Wildman–Crippen MR) is 93.4 cm³/mol. The van der Waals surface area contributed by atoms with Crippen LogP contribution in [0, 0.1) is 0 Å². The number of rotatable bonds is 10. The molecule has 0 N–H and O–H groups in total. The number of carbonyl (C=O) groups is 1. The zero-order chi connectivity index (χ0) is 17.9. The minimum Gasteiger partial charge on any atom is -0.439 e. The van der Waals surface area contributed by atoms with Crippen molar-refractivity contribution in [3.05, 3.63) is 71.8 Å². The highest BCUT2D eigenvalue weighted by atomic mass is 16.7. The Labute approximate surface area is 148 Å². The third kappa shape index (κ3) is 7.47. The van der Waals surface area contributed by atoms with Gasteiger partial charge in [-0.05, 0) is 18.1 Å². The first-order chi connectivity index (χ1) is 12.1. The second kappa shape index (κ2) is 10.6. The molecule has 0 heterocycles. The van der Waals surface area contributed by atoms with Gasteiger partial charge in [-0.1, -0.05) is 60.7 Å². The van der Waals surface area contributed by atoms with Crippen LogP contribution in [-0.2, 0) is 37.0 Å². The molecular weight excluding hydrogens is 320 g/mol. The van der Waals surface area contributed by atoms with E-state index in [1.807, 2.05) is 67.6 Å². The molecule has 0 saturated carbocycles. The minimum atomic E-state index is -0.587. The molecule has 0 bridgehead atoms. The largest absolute Gasteiger partial charge is 0.439 e. The molecule has 2 rings (SSSR count). The topological polar surface area (TPSA) is 54.0 Å². The van der Waals surface area contributed by atoms with E-state index in [1.54, 1.807) is 0 Å². The third-order valence-corrected chi connectivity index (χ3v) is 3.49. The summed E-state index contributed by atoms with van der Waals surface area (Å²) >= 11 is 0. The molecule has 0 aliphatic carbocycles. The Morgan fingerprint density at radius 3 is 1.76 bits per heavy atom. The van der Waals surface area contributed by atoms with Gasteiger partial charge in [0.15, 0.2) is 13.1 Å². The Morgan fingerprint density at radius 1 is 0.840 bits per heavy atom. The van der Waals surface area contributed by atoms with E-state index in [0.717, 1.165) is 11.1 Å². The molecule has 0 aliphatic rings. The molecule has 134 valence electrons. The Balaban J connectivity index is 1.90. The van der Waals surface area contributed by atoms with Crippen LogP contribution in [0.3, 0.4) is 0 Å². The zero-order valence-electron chi connectivity index (χ0n) is 14.6. The van der Waals surface area contributed by atoms with Crippen LogP contribution in [0.15, 0.2) is 60.7 Å².